The zero-order valence-corrected chi connectivity index (χ0v) is 22.5. The molecule has 0 saturated heterocycles. The standard InChI is InChI=1S/C33H28N2O5/c1-18(28-31(37)20-8-4-5-9-21(20)32(28)38)35-24-11-7-6-10-22(24)34-23-15-33(2,3)16-25(36)29(23)30(35)19-12-13-26-27(14-19)40-17-39-26/h4-14,30,34H,15-17H2,1-3H3/t30-/m1/s1. The van der Waals surface area contributed by atoms with E-state index in [9.17, 15) is 14.4 Å². The van der Waals surface area contributed by atoms with Crippen molar-refractivity contribution in [3.8, 4) is 11.5 Å². The van der Waals surface area contributed by atoms with Crippen molar-refractivity contribution < 1.29 is 23.9 Å². The molecule has 40 heavy (non-hydrogen) atoms. The molecule has 2 aliphatic carbocycles. The fourth-order valence-electron chi connectivity index (χ4n) is 6.46. The number of benzene rings is 3. The second kappa shape index (κ2) is 8.68. The summed E-state index contributed by atoms with van der Waals surface area (Å²) in [5.41, 5.74) is 5.05. The third-order valence-corrected chi connectivity index (χ3v) is 8.21. The largest absolute Gasteiger partial charge is 0.454 e. The van der Waals surface area contributed by atoms with Gasteiger partial charge >= 0.3 is 0 Å². The Balaban J connectivity index is 1.52. The maximum absolute atomic E-state index is 14.0. The highest BCUT2D eigenvalue weighted by Gasteiger charge is 2.44. The van der Waals surface area contributed by atoms with Crippen molar-refractivity contribution in [3.63, 3.8) is 0 Å². The summed E-state index contributed by atoms with van der Waals surface area (Å²) in [6.45, 7) is 6.13. The fraction of sp³-hybridized carbons (Fsp3) is 0.242. The van der Waals surface area contributed by atoms with Gasteiger partial charge in [0.15, 0.2) is 28.8 Å². The first kappa shape index (κ1) is 24.4. The van der Waals surface area contributed by atoms with Crippen LogP contribution in [-0.4, -0.2) is 24.1 Å². The minimum Gasteiger partial charge on any atom is -0.454 e. The highest BCUT2D eigenvalue weighted by molar-refractivity contribution is 6.40. The molecule has 0 spiro atoms. The highest BCUT2D eigenvalue weighted by Crippen LogP contribution is 2.51. The average molecular weight is 533 g/mol. The first-order valence-electron chi connectivity index (χ1n) is 13.4. The number of ketones is 3. The molecule has 3 aromatic carbocycles. The molecule has 2 aliphatic heterocycles. The van der Waals surface area contributed by atoms with E-state index in [1.165, 1.54) is 0 Å². The Morgan fingerprint density at radius 2 is 1.55 bits per heavy atom. The Morgan fingerprint density at radius 1 is 0.875 bits per heavy atom. The average Bonchev–Trinajstić information content (AvgIpc) is 3.45. The second-order valence-electron chi connectivity index (χ2n) is 11.5. The van der Waals surface area contributed by atoms with E-state index in [2.05, 4.69) is 19.2 Å². The summed E-state index contributed by atoms with van der Waals surface area (Å²) in [5.74, 6) is 0.660. The number of fused-ring (bicyclic) bond motifs is 3. The smallest absolute Gasteiger partial charge is 0.231 e. The maximum atomic E-state index is 14.0. The van der Waals surface area contributed by atoms with E-state index < -0.39 is 6.04 Å². The summed E-state index contributed by atoms with van der Waals surface area (Å²) in [7, 11) is 0. The molecule has 3 aromatic rings. The number of hydrogen-bond donors (Lipinski definition) is 1. The zero-order valence-electron chi connectivity index (χ0n) is 22.5. The Labute approximate surface area is 232 Å². The van der Waals surface area contributed by atoms with Crippen LogP contribution < -0.4 is 19.7 Å². The molecule has 0 amide bonds. The van der Waals surface area contributed by atoms with Gasteiger partial charge in [-0.25, -0.2) is 0 Å². The summed E-state index contributed by atoms with van der Waals surface area (Å²) in [4.78, 5) is 43.4. The van der Waals surface area contributed by atoms with Gasteiger partial charge in [-0.1, -0.05) is 56.3 Å². The second-order valence-corrected chi connectivity index (χ2v) is 11.5. The van der Waals surface area contributed by atoms with Crippen molar-refractivity contribution in [1.29, 1.82) is 0 Å². The van der Waals surface area contributed by atoms with Crippen LogP contribution in [0.5, 0.6) is 11.5 Å². The lowest BCUT2D eigenvalue weighted by Gasteiger charge is -2.38. The Bertz CT molecular complexity index is 1680. The molecule has 1 atom stereocenters. The van der Waals surface area contributed by atoms with E-state index in [1.807, 2.05) is 47.4 Å². The van der Waals surface area contributed by atoms with Gasteiger partial charge in [-0.3, -0.25) is 14.4 Å². The molecule has 0 fully saturated rings. The van der Waals surface area contributed by atoms with Gasteiger partial charge < -0.3 is 19.7 Å². The van der Waals surface area contributed by atoms with Crippen molar-refractivity contribution in [3.05, 3.63) is 106 Å². The molecule has 2 heterocycles. The number of para-hydroxylation sites is 2. The van der Waals surface area contributed by atoms with Crippen LogP contribution in [-0.2, 0) is 4.79 Å². The fourth-order valence-corrected chi connectivity index (χ4v) is 6.46. The molecule has 4 aliphatic rings. The SMILES string of the molecule is CC(=C1C(=O)c2ccccc2C1=O)N1c2ccccc2NC2=C(C(=O)CC(C)(C)C2)[C@H]1c1ccc2c(c1)OCO2. The van der Waals surface area contributed by atoms with E-state index >= 15 is 0 Å². The monoisotopic (exact) mass is 532 g/mol. The molecule has 0 bridgehead atoms. The zero-order chi connectivity index (χ0) is 27.8. The summed E-state index contributed by atoms with van der Waals surface area (Å²) >= 11 is 0. The normalized spacial score (nSPS) is 20.6. The van der Waals surface area contributed by atoms with Crippen molar-refractivity contribution in [1.82, 2.24) is 0 Å². The predicted octanol–water partition coefficient (Wildman–Crippen LogP) is 6.38. The van der Waals surface area contributed by atoms with E-state index in [4.69, 9.17) is 9.47 Å². The number of nitrogens with zero attached hydrogens (tertiary/aromatic N) is 1. The van der Waals surface area contributed by atoms with Gasteiger partial charge in [-0.2, -0.15) is 0 Å². The van der Waals surface area contributed by atoms with Crippen LogP contribution >= 0.6 is 0 Å². The number of carbonyl (C=O) groups excluding carboxylic acids is 3. The third-order valence-electron chi connectivity index (χ3n) is 8.21. The van der Waals surface area contributed by atoms with Crippen LogP contribution in [0, 0.1) is 5.41 Å². The molecule has 0 saturated carbocycles. The number of nitrogens with one attached hydrogen (secondary N) is 1. The minimum atomic E-state index is -0.610. The van der Waals surface area contributed by atoms with Crippen LogP contribution in [0.25, 0.3) is 0 Å². The number of Topliss-reactive ketones (excluding diaryl/α,β-unsaturated/α-hetero) is 3. The van der Waals surface area contributed by atoms with E-state index in [0.717, 1.165) is 22.6 Å². The molecule has 200 valence electrons. The molecular weight excluding hydrogens is 504 g/mol. The van der Waals surface area contributed by atoms with E-state index in [-0.39, 0.29) is 35.1 Å². The summed E-state index contributed by atoms with van der Waals surface area (Å²) in [6.07, 6.45) is 1.06. The summed E-state index contributed by atoms with van der Waals surface area (Å²) in [6, 6.07) is 19.8. The lowest BCUT2D eigenvalue weighted by atomic mass is 9.73. The molecule has 1 N–H and O–H groups in total. The van der Waals surface area contributed by atoms with Crippen LogP contribution in [0.3, 0.4) is 0 Å². The molecular formula is C33H28N2O5. The number of carbonyl (C=O) groups is 3. The van der Waals surface area contributed by atoms with Crippen molar-refractivity contribution >= 4 is 28.7 Å². The highest BCUT2D eigenvalue weighted by atomic mass is 16.7. The number of hydrogen-bond acceptors (Lipinski definition) is 7. The summed E-state index contributed by atoms with van der Waals surface area (Å²) in [5, 5.41) is 3.58. The Kier molecular flexibility index (Phi) is 5.29. The van der Waals surface area contributed by atoms with Gasteiger partial charge in [-0.15, -0.1) is 0 Å². The maximum Gasteiger partial charge on any atom is 0.231 e. The Hall–Kier alpha value is -4.65. The van der Waals surface area contributed by atoms with Crippen LogP contribution in [0.1, 0.15) is 65.9 Å². The van der Waals surface area contributed by atoms with Gasteiger partial charge in [0, 0.05) is 34.5 Å². The van der Waals surface area contributed by atoms with Crippen molar-refractivity contribution in [2.45, 2.75) is 39.7 Å². The quantitative estimate of drug-likeness (QED) is 0.303. The first-order valence-corrected chi connectivity index (χ1v) is 13.4. The van der Waals surface area contributed by atoms with E-state index in [1.54, 1.807) is 31.2 Å². The van der Waals surface area contributed by atoms with Gasteiger partial charge in [0.25, 0.3) is 0 Å². The topological polar surface area (TPSA) is 84.9 Å². The minimum absolute atomic E-state index is 0.0318. The molecule has 0 aromatic heterocycles. The predicted molar refractivity (Wildman–Crippen MR) is 151 cm³/mol. The first-order chi connectivity index (χ1) is 19.2. The van der Waals surface area contributed by atoms with Crippen LogP contribution in [0.15, 0.2) is 89.3 Å². The Morgan fingerprint density at radius 3 is 2.30 bits per heavy atom. The molecule has 0 radical (unpaired) electrons. The van der Waals surface area contributed by atoms with Crippen molar-refractivity contribution in [2.75, 3.05) is 17.0 Å². The van der Waals surface area contributed by atoms with Gasteiger partial charge in [0.1, 0.15) is 0 Å². The number of allylic oxidation sites excluding steroid dienone is 3. The molecule has 7 nitrogen and oxygen atoms in total. The number of ether oxygens (including phenoxy) is 2. The van der Waals surface area contributed by atoms with Crippen molar-refractivity contribution in [2.24, 2.45) is 5.41 Å². The molecule has 7 rings (SSSR count). The van der Waals surface area contributed by atoms with Crippen LogP contribution in [0.4, 0.5) is 11.4 Å². The lowest BCUT2D eigenvalue weighted by Crippen LogP contribution is -2.36. The number of anilines is 2. The van der Waals surface area contributed by atoms with Gasteiger partial charge in [0.2, 0.25) is 6.79 Å². The van der Waals surface area contributed by atoms with Gasteiger partial charge in [-0.05, 0) is 48.6 Å². The van der Waals surface area contributed by atoms with Crippen LogP contribution in [0.2, 0.25) is 0 Å². The van der Waals surface area contributed by atoms with Gasteiger partial charge in [0.05, 0.1) is 23.0 Å². The molecule has 7 heteroatoms. The lowest BCUT2D eigenvalue weighted by molar-refractivity contribution is -0.118. The molecule has 0 unspecified atom stereocenters. The summed E-state index contributed by atoms with van der Waals surface area (Å²) < 4.78 is 11.3. The third kappa shape index (κ3) is 3.61. The number of rotatable bonds is 2. The van der Waals surface area contributed by atoms with E-state index in [0.29, 0.717) is 46.7 Å².